The zero-order valence-corrected chi connectivity index (χ0v) is 12.4. The molecular weight excluding hydrogens is 234 g/mol. The predicted molar refractivity (Wildman–Crippen MR) is 80.2 cm³/mol. The topological polar surface area (TPSA) is 41.6 Å². The third-order valence-electron chi connectivity index (χ3n) is 5.69. The number of guanidine groups is 1. The smallest absolute Gasteiger partial charge is 0.192 e. The fourth-order valence-electron chi connectivity index (χ4n) is 4.41. The molecule has 1 heterocycles. The molecule has 3 nitrogen and oxygen atoms in total. The summed E-state index contributed by atoms with van der Waals surface area (Å²) in [6.07, 6.45) is 13.5. The van der Waals surface area contributed by atoms with E-state index in [0.29, 0.717) is 11.6 Å². The summed E-state index contributed by atoms with van der Waals surface area (Å²) in [6.45, 7) is 3.35. The molecule has 0 aromatic carbocycles. The highest BCUT2D eigenvalue weighted by Crippen LogP contribution is 2.42. The lowest BCUT2D eigenvalue weighted by molar-refractivity contribution is 0.0804. The fraction of sp³-hybridized carbons (Fsp3) is 0.938. The predicted octanol–water partition coefficient (Wildman–Crippen LogP) is 3.29. The van der Waals surface area contributed by atoms with E-state index in [4.69, 9.17) is 5.73 Å². The summed E-state index contributed by atoms with van der Waals surface area (Å²) in [4.78, 5) is 7.22. The molecule has 0 aromatic heterocycles. The molecule has 0 bridgehead atoms. The van der Waals surface area contributed by atoms with Crippen LogP contribution in [0.1, 0.15) is 71.1 Å². The zero-order valence-electron chi connectivity index (χ0n) is 12.4. The van der Waals surface area contributed by atoms with Gasteiger partial charge in [0.1, 0.15) is 0 Å². The maximum atomic E-state index is 6.28. The summed E-state index contributed by atoms with van der Waals surface area (Å²) in [6, 6.07) is 0.669. The molecule has 2 aliphatic carbocycles. The second kappa shape index (κ2) is 5.34. The largest absolute Gasteiger partial charge is 0.370 e. The van der Waals surface area contributed by atoms with Crippen molar-refractivity contribution in [1.82, 2.24) is 4.90 Å². The average Bonchev–Trinajstić information content (AvgIpc) is 2.60. The van der Waals surface area contributed by atoms with Crippen LogP contribution in [0.3, 0.4) is 0 Å². The molecule has 0 saturated heterocycles. The van der Waals surface area contributed by atoms with Crippen LogP contribution in [-0.4, -0.2) is 29.0 Å². The van der Waals surface area contributed by atoms with Crippen molar-refractivity contribution in [2.45, 2.75) is 82.7 Å². The summed E-state index contributed by atoms with van der Waals surface area (Å²) in [7, 11) is 0. The molecule has 0 atom stereocenters. The fourth-order valence-corrected chi connectivity index (χ4v) is 4.41. The molecule has 19 heavy (non-hydrogen) atoms. The highest BCUT2D eigenvalue weighted by Gasteiger charge is 2.46. The third-order valence-corrected chi connectivity index (χ3v) is 5.69. The highest BCUT2D eigenvalue weighted by molar-refractivity contribution is 5.81. The normalized spacial score (nSPS) is 37.4. The SMILES string of the molecule is CC1CCC2(CC1)CN=C(N)N2C1CCCCCC1. The molecule has 3 rings (SSSR count). The van der Waals surface area contributed by atoms with Gasteiger partial charge in [-0.15, -0.1) is 0 Å². The summed E-state index contributed by atoms with van der Waals surface area (Å²) >= 11 is 0. The molecule has 1 spiro atoms. The van der Waals surface area contributed by atoms with Crippen LogP contribution < -0.4 is 5.73 Å². The van der Waals surface area contributed by atoms with E-state index in [1.807, 2.05) is 0 Å². The first-order chi connectivity index (χ1) is 9.21. The van der Waals surface area contributed by atoms with Crippen molar-refractivity contribution in [2.24, 2.45) is 16.6 Å². The van der Waals surface area contributed by atoms with Crippen molar-refractivity contribution in [2.75, 3.05) is 6.54 Å². The molecule has 2 fully saturated rings. The second-order valence-electron chi connectivity index (χ2n) is 7.10. The molecular formula is C16H29N3. The second-order valence-corrected chi connectivity index (χ2v) is 7.10. The zero-order chi connectivity index (χ0) is 13.3. The van der Waals surface area contributed by atoms with Gasteiger partial charge in [0.05, 0.1) is 12.1 Å². The summed E-state index contributed by atoms with van der Waals surface area (Å²) in [5.41, 5.74) is 6.57. The lowest BCUT2D eigenvalue weighted by Crippen LogP contribution is -2.57. The number of aliphatic imine (C=N–C) groups is 1. The Morgan fingerprint density at radius 1 is 1.05 bits per heavy atom. The van der Waals surface area contributed by atoms with Crippen molar-refractivity contribution in [3.63, 3.8) is 0 Å². The summed E-state index contributed by atoms with van der Waals surface area (Å²) in [5.74, 6) is 1.74. The molecule has 0 radical (unpaired) electrons. The average molecular weight is 263 g/mol. The van der Waals surface area contributed by atoms with Crippen molar-refractivity contribution >= 4 is 5.96 Å². The minimum absolute atomic E-state index is 0.297. The van der Waals surface area contributed by atoms with Gasteiger partial charge in [-0.1, -0.05) is 32.6 Å². The van der Waals surface area contributed by atoms with Gasteiger partial charge < -0.3 is 10.6 Å². The van der Waals surface area contributed by atoms with Crippen molar-refractivity contribution in [3.05, 3.63) is 0 Å². The van der Waals surface area contributed by atoms with Crippen LogP contribution in [0.15, 0.2) is 4.99 Å². The van der Waals surface area contributed by atoms with E-state index in [0.717, 1.165) is 18.4 Å². The van der Waals surface area contributed by atoms with E-state index >= 15 is 0 Å². The highest BCUT2D eigenvalue weighted by atomic mass is 15.4. The first-order valence-corrected chi connectivity index (χ1v) is 8.30. The Balaban J connectivity index is 1.77. The molecule has 3 heteroatoms. The molecule has 0 amide bonds. The number of hydrogen-bond donors (Lipinski definition) is 1. The van der Waals surface area contributed by atoms with Gasteiger partial charge in [0.2, 0.25) is 0 Å². The first-order valence-electron chi connectivity index (χ1n) is 8.30. The van der Waals surface area contributed by atoms with Crippen LogP contribution in [0.5, 0.6) is 0 Å². The van der Waals surface area contributed by atoms with Crippen LogP contribution in [0, 0.1) is 5.92 Å². The lowest BCUT2D eigenvalue weighted by Gasteiger charge is -2.47. The maximum Gasteiger partial charge on any atom is 0.192 e. The van der Waals surface area contributed by atoms with E-state index < -0.39 is 0 Å². The van der Waals surface area contributed by atoms with Crippen molar-refractivity contribution < 1.29 is 0 Å². The van der Waals surface area contributed by atoms with Gasteiger partial charge in [0.25, 0.3) is 0 Å². The minimum atomic E-state index is 0.297. The molecule has 2 saturated carbocycles. The van der Waals surface area contributed by atoms with E-state index in [2.05, 4.69) is 16.8 Å². The van der Waals surface area contributed by atoms with E-state index in [9.17, 15) is 0 Å². The Labute approximate surface area is 117 Å². The van der Waals surface area contributed by atoms with Gasteiger partial charge in [-0.25, -0.2) is 0 Å². The van der Waals surface area contributed by atoms with Crippen LogP contribution in [0.2, 0.25) is 0 Å². The van der Waals surface area contributed by atoms with Gasteiger partial charge in [-0.05, 0) is 44.4 Å². The van der Waals surface area contributed by atoms with E-state index in [-0.39, 0.29) is 0 Å². The maximum absolute atomic E-state index is 6.28. The Hall–Kier alpha value is -0.730. The Bertz CT molecular complexity index is 334. The lowest BCUT2D eigenvalue weighted by atomic mass is 9.75. The minimum Gasteiger partial charge on any atom is -0.370 e. The Kier molecular flexibility index (Phi) is 3.72. The van der Waals surface area contributed by atoms with E-state index in [1.54, 1.807) is 0 Å². The van der Waals surface area contributed by atoms with Crippen molar-refractivity contribution in [1.29, 1.82) is 0 Å². The quantitative estimate of drug-likeness (QED) is 0.738. The first kappa shape index (κ1) is 13.3. The standard InChI is InChI=1S/C16H29N3/c1-13-8-10-16(11-9-13)12-18-15(17)19(16)14-6-4-2-3-5-7-14/h13-14H,2-12H2,1H3,(H2,17,18). The molecule has 0 aromatic rings. The van der Waals surface area contributed by atoms with Crippen LogP contribution >= 0.6 is 0 Å². The Morgan fingerprint density at radius 2 is 1.68 bits per heavy atom. The van der Waals surface area contributed by atoms with Gasteiger partial charge in [0.15, 0.2) is 5.96 Å². The van der Waals surface area contributed by atoms with E-state index in [1.165, 1.54) is 64.2 Å². The molecule has 2 N–H and O–H groups in total. The summed E-state index contributed by atoms with van der Waals surface area (Å²) in [5, 5.41) is 0. The molecule has 1 aliphatic heterocycles. The molecule has 0 unspecified atom stereocenters. The number of rotatable bonds is 1. The van der Waals surface area contributed by atoms with Gasteiger partial charge >= 0.3 is 0 Å². The number of nitrogens with zero attached hydrogens (tertiary/aromatic N) is 2. The van der Waals surface area contributed by atoms with Crippen LogP contribution in [-0.2, 0) is 0 Å². The van der Waals surface area contributed by atoms with Crippen molar-refractivity contribution in [3.8, 4) is 0 Å². The molecule has 108 valence electrons. The van der Waals surface area contributed by atoms with Gasteiger partial charge in [-0.3, -0.25) is 4.99 Å². The van der Waals surface area contributed by atoms with Crippen LogP contribution in [0.4, 0.5) is 0 Å². The van der Waals surface area contributed by atoms with Gasteiger partial charge in [-0.2, -0.15) is 0 Å². The van der Waals surface area contributed by atoms with Crippen LogP contribution in [0.25, 0.3) is 0 Å². The molecule has 3 aliphatic rings. The monoisotopic (exact) mass is 263 g/mol. The Morgan fingerprint density at radius 3 is 2.32 bits per heavy atom. The number of hydrogen-bond acceptors (Lipinski definition) is 3. The number of nitrogens with two attached hydrogens (primary N) is 1. The third kappa shape index (κ3) is 2.48. The van der Waals surface area contributed by atoms with Gasteiger partial charge in [0, 0.05) is 6.04 Å². The summed E-state index contributed by atoms with van der Waals surface area (Å²) < 4.78 is 0.